The van der Waals surface area contributed by atoms with Crippen LogP contribution in [-0.4, -0.2) is 5.78 Å². The molecule has 0 fully saturated rings. The zero-order valence-electron chi connectivity index (χ0n) is 15.4. The number of carbonyl (C=O) groups is 1. The smallest absolute Gasteiger partial charge is 0.152 e. The maximum Gasteiger partial charge on any atom is 0.152 e. The Kier molecular flexibility index (Phi) is 9.57. The fourth-order valence-electron chi connectivity index (χ4n) is 1.59. The molecule has 0 aromatic heterocycles. The van der Waals surface area contributed by atoms with Gasteiger partial charge in [0.2, 0.25) is 0 Å². The van der Waals surface area contributed by atoms with Crippen LogP contribution < -0.4 is 0 Å². The first-order valence-corrected chi connectivity index (χ1v) is 7.88. The predicted octanol–water partition coefficient (Wildman–Crippen LogP) is 6.05. The van der Waals surface area contributed by atoms with Gasteiger partial charge in [-0.1, -0.05) is 93.1 Å². The van der Waals surface area contributed by atoms with Crippen molar-refractivity contribution >= 4 is 5.78 Å². The second-order valence-corrected chi connectivity index (χ2v) is 6.59. The van der Waals surface area contributed by atoms with E-state index in [4.69, 9.17) is 0 Å². The van der Waals surface area contributed by atoms with Crippen molar-refractivity contribution in [1.29, 1.82) is 0 Å². The Bertz CT molecular complexity index is 572. The molecule has 0 aliphatic carbocycles. The van der Waals surface area contributed by atoms with Crippen LogP contribution in [0.5, 0.6) is 0 Å². The van der Waals surface area contributed by atoms with Gasteiger partial charge in [0.05, 0.1) is 0 Å². The van der Waals surface area contributed by atoms with Gasteiger partial charge >= 0.3 is 0 Å². The standard InChI is InChI=1S/C11H16.C7H8.C4H6O/c1-9-5-7-10(8-6-9)11(2,3)4;1-7-5-3-2-4-6-7;1-3-4(2)5/h5-8H,1-4H3;2-6H,1H3;3H,1H2,2H3. The molecule has 2 aromatic carbocycles. The van der Waals surface area contributed by atoms with E-state index in [0.717, 1.165) is 0 Å². The van der Waals surface area contributed by atoms with Crippen LogP contribution in [-0.2, 0) is 10.2 Å². The molecule has 0 heterocycles. The van der Waals surface area contributed by atoms with Crippen LogP contribution in [0.3, 0.4) is 0 Å². The summed E-state index contributed by atoms with van der Waals surface area (Å²) in [5.41, 5.74) is 4.34. The van der Waals surface area contributed by atoms with Crippen LogP contribution >= 0.6 is 0 Å². The number of aryl methyl sites for hydroxylation is 2. The van der Waals surface area contributed by atoms with E-state index in [2.05, 4.69) is 77.6 Å². The van der Waals surface area contributed by atoms with Crippen LogP contribution in [0.15, 0.2) is 67.3 Å². The van der Waals surface area contributed by atoms with Gasteiger partial charge < -0.3 is 0 Å². The van der Waals surface area contributed by atoms with Crippen molar-refractivity contribution in [1.82, 2.24) is 0 Å². The highest BCUT2D eigenvalue weighted by Gasteiger charge is 2.11. The summed E-state index contributed by atoms with van der Waals surface area (Å²) in [5, 5.41) is 0. The van der Waals surface area contributed by atoms with Crippen LogP contribution in [0.25, 0.3) is 0 Å². The van der Waals surface area contributed by atoms with E-state index in [-0.39, 0.29) is 11.2 Å². The van der Waals surface area contributed by atoms with E-state index in [1.165, 1.54) is 29.7 Å². The minimum atomic E-state index is 0.0185. The second kappa shape index (κ2) is 10.6. The summed E-state index contributed by atoms with van der Waals surface area (Å²) in [7, 11) is 0. The van der Waals surface area contributed by atoms with Crippen LogP contribution in [0, 0.1) is 13.8 Å². The van der Waals surface area contributed by atoms with Gasteiger partial charge in [0.15, 0.2) is 5.78 Å². The topological polar surface area (TPSA) is 17.1 Å². The van der Waals surface area contributed by atoms with E-state index in [1.54, 1.807) is 0 Å². The Balaban J connectivity index is 0.000000347. The molecule has 0 bridgehead atoms. The number of carbonyl (C=O) groups excluding carboxylic acids is 1. The van der Waals surface area contributed by atoms with Gasteiger partial charge in [0, 0.05) is 0 Å². The zero-order valence-corrected chi connectivity index (χ0v) is 15.4. The highest BCUT2D eigenvalue weighted by Crippen LogP contribution is 2.21. The maximum absolute atomic E-state index is 9.69. The Morgan fingerprint density at radius 3 is 1.52 bits per heavy atom. The van der Waals surface area contributed by atoms with Gasteiger partial charge in [0.25, 0.3) is 0 Å². The lowest BCUT2D eigenvalue weighted by atomic mass is 9.87. The van der Waals surface area contributed by atoms with Gasteiger partial charge in [0.1, 0.15) is 0 Å². The van der Waals surface area contributed by atoms with Gasteiger partial charge in [-0.3, -0.25) is 4.79 Å². The minimum absolute atomic E-state index is 0.0185. The van der Waals surface area contributed by atoms with Gasteiger partial charge in [-0.05, 0) is 37.8 Å². The molecule has 0 amide bonds. The van der Waals surface area contributed by atoms with Gasteiger partial charge in [-0.25, -0.2) is 0 Å². The van der Waals surface area contributed by atoms with Crippen molar-refractivity contribution in [2.45, 2.75) is 47.0 Å². The molecule has 1 nitrogen and oxygen atoms in total. The first-order chi connectivity index (χ1) is 10.7. The quantitative estimate of drug-likeness (QED) is 0.586. The monoisotopic (exact) mass is 310 g/mol. The molecule has 23 heavy (non-hydrogen) atoms. The first kappa shape index (κ1) is 20.9. The third-order valence-electron chi connectivity index (χ3n) is 3.15. The average molecular weight is 310 g/mol. The predicted molar refractivity (Wildman–Crippen MR) is 102 cm³/mol. The van der Waals surface area contributed by atoms with Crippen molar-refractivity contribution < 1.29 is 4.79 Å². The fourth-order valence-corrected chi connectivity index (χ4v) is 1.59. The molecular weight excluding hydrogens is 280 g/mol. The first-order valence-electron chi connectivity index (χ1n) is 7.88. The van der Waals surface area contributed by atoms with E-state index in [0.29, 0.717) is 0 Å². The van der Waals surface area contributed by atoms with E-state index in [9.17, 15) is 4.79 Å². The van der Waals surface area contributed by atoms with Crippen molar-refractivity contribution in [2.75, 3.05) is 0 Å². The second-order valence-electron chi connectivity index (χ2n) is 6.59. The number of allylic oxidation sites excluding steroid dienone is 1. The third-order valence-corrected chi connectivity index (χ3v) is 3.15. The van der Waals surface area contributed by atoms with E-state index < -0.39 is 0 Å². The minimum Gasteiger partial charge on any atom is -0.295 e. The molecule has 2 aromatic rings. The zero-order chi connectivity index (χ0) is 17.9. The Morgan fingerprint density at radius 2 is 1.26 bits per heavy atom. The number of rotatable bonds is 1. The largest absolute Gasteiger partial charge is 0.295 e. The number of hydrogen-bond donors (Lipinski definition) is 0. The highest BCUT2D eigenvalue weighted by atomic mass is 16.1. The molecule has 1 heteroatoms. The summed E-state index contributed by atoms with van der Waals surface area (Å²) in [6.45, 7) is 15.6. The number of ketones is 1. The molecule has 0 unspecified atom stereocenters. The molecular formula is C22H30O. The van der Waals surface area contributed by atoms with Gasteiger partial charge in [-0.2, -0.15) is 0 Å². The molecule has 2 rings (SSSR count). The highest BCUT2D eigenvalue weighted by molar-refractivity contribution is 5.86. The van der Waals surface area contributed by atoms with E-state index in [1.807, 2.05) is 18.2 Å². The summed E-state index contributed by atoms with van der Waals surface area (Å²) in [5.74, 6) is 0.0185. The molecule has 0 aliphatic rings. The maximum atomic E-state index is 9.69. The number of benzene rings is 2. The van der Waals surface area contributed by atoms with Gasteiger partial charge in [-0.15, -0.1) is 0 Å². The molecule has 0 saturated carbocycles. The third kappa shape index (κ3) is 11.1. The average Bonchev–Trinajstić information content (AvgIpc) is 2.49. The van der Waals surface area contributed by atoms with Crippen LogP contribution in [0.4, 0.5) is 0 Å². The lowest BCUT2D eigenvalue weighted by Crippen LogP contribution is -2.10. The summed E-state index contributed by atoms with van der Waals surface area (Å²) in [6.07, 6.45) is 1.28. The van der Waals surface area contributed by atoms with Crippen molar-refractivity contribution in [3.8, 4) is 0 Å². The molecule has 0 N–H and O–H groups in total. The molecule has 0 saturated heterocycles. The summed E-state index contributed by atoms with van der Waals surface area (Å²) in [6, 6.07) is 19.0. The van der Waals surface area contributed by atoms with E-state index >= 15 is 0 Å². The lowest BCUT2D eigenvalue weighted by molar-refractivity contribution is -0.112. The van der Waals surface area contributed by atoms with Crippen molar-refractivity contribution in [2.24, 2.45) is 0 Å². The molecule has 0 atom stereocenters. The Morgan fingerprint density at radius 1 is 0.870 bits per heavy atom. The van der Waals surface area contributed by atoms with Crippen LogP contribution in [0.2, 0.25) is 0 Å². The normalized spacial score (nSPS) is 9.65. The Labute approximate surface area is 142 Å². The summed E-state index contributed by atoms with van der Waals surface area (Å²) < 4.78 is 0. The Hall–Kier alpha value is -2.15. The molecule has 0 spiro atoms. The van der Waals surface area contributed by atoms with Crippen LogP contribution in [0.1, 0.15) is 44.4 Å². The summed E-state index contributed by atoms with van der Waals surface area (Å²) in [4.78, 5) is 9.69. The molecule has 0 aliphatic heterocycles. The molecule has 124 valence electrons. The SMILES string of the molecule is C=CC(C)=O.Cc1ccc(C(C)(C)C)cc1.Cc1ccccc1. The number of hydrogen-bond acceptors (Lipinski definition) is 1. The lowest BCUT2D eigenvalue weighted by Gasteiger charge is -2.18. The molecule has 0 radical (unpaired) electrons. The van der Waals surface area contributed by atoms with Crippen molar-refractivity contribution in [3.05, 3.63) is 83.9 Å². The van der Waals surface area contributed by atoms with Crippen molar-refractivity contribution in [3.63, 3.8) is 0 Å². The summed E-state index contributed by atoms with van der Waals surface area (Å²) >= 11 is 0. The fraction of sp³-hybridized carbons (Fsp3) is 0.318.